The standard InChI is InChI=1S/C31H32N4O4S/c32-29-6-1-2-7-30(29)33-31(36)13-10-25-15-17-35(23-25)40(37,38)28-5-3-4-27(22-28)26-11-8-24(9-12-26)14-16-34-18-20-39-21-19-34/h1-13,15,17,22-23H,14,16,18-21,32H2,(H,33,36). The van der Waals surface area contributed by atoms with E-state index in [0.717, 1.165) is 54.4 Å². The van der Waals surface area contributed by atoms with Crippen molar-refractivity contribution in [2.24, 2.45) is 0 Å². The first-order valence-corrected chi connectivity index (χ1v) is 14.6. The van der Waals surface area contributed by atoms with E-state index in [1.54, 1.807) is 54.6 Å². The van der Waals surface area contributed by atoms with Gasteiger partial charge in [-0.2, -0.15) is 0 Å². The van der Waals surface area contributed by atoms with Crippen molar-refractivity contribution in [1.82, 2.24) is 8.87 Å². The Hall–Kier alpha value is -4.18. The third-order valence-electron chi connectivity index (χ3n) is 6.85. The third-order valence-corrected chi connectivity index (χ3v) is 8.49. The summed E-state index contributed by atoms with van der Waals surface area (Å²) < 4.78 is 33.3. The van der Waals surface area contributed by atoms with Gasteiger partial charge in [0.15, 0.2) is 0 Å². The first-order valence-electron chi connectivity index (χ1n) is 13.2. The zero-order valence-electron chi connectivity index (χ0n) is 22.1. The SMILES string of the molecule is Nc1ccccc1NC(=O)C=Cc1ccn(S(=O)(=O)c2cccc(-c3ccc(CCN4CCOCC4)cc3)c2)c1. The molecule has 0 spiro atoms. The van der Waals surface area contributed by atoms with Gasteiger partial charge in [-0.3, -0.25) is 9.69 Å². The second-order valence-corrected chi connectivity index (χ2v) is 11.5. The highest BCUT2D eigenvalue weighted by atomic mass is 32.2. The minimum atomic E-state index is -3.82. The highest BCUT2D eigenvalue weighted by Gasteiger charge is 2.17. The summed E-state index contributed by atoms with van der Waals surface area (Å²) in [5.74, 6) is -0.367. The van der Waals surface area contributed by atoms with Crippen molar-refractivity contribution in [1.29, 1.82) is 0 Å². The van der Waals surface area contributed by atoms with Crippen molar-refractivity contribution in [2.75, 3.05) is 43.9 Å². The molecule has 40 heavy (non-hydrogen) atoms. The van der Waals surface area contributed by atoms with E-state index >= 15 is 0 Å². The fraction of sp³-hybridized carbons (Fsp3) is 0.194. The lowest BCUT2D eigenvalue weighted by Crippen LogP contribution is -2.37. The predicted octanol–water partition coefficient (Wildman–Crippen LogP) is 4.50. The van der Waals surface area contributed by atoms with E-state index in [9.17, 15) is 13.2 Å². The van der Waals surface area contributed by atoms with Crippen molar-refractivity contribution in [3.63, 3.8) is 0 Å². The van der Waals surface area contributed by atoms with Crippen molar-refractivity contribution in [3.05, 3.63) is 108 Å². The van der Waals surface area contributed by atoms with Crippen LogP contribution in [-0.4, -0.2) is 56.0 Å². The number of para-hydroxylation sites is 2. The molecule has 0 atom stereocenters. The summed E-state index contributed by atoms with van der Waals surface area (Å²) in [6.07, 6.45) is 6.80. The molecule has 1 aliphatic heterocycles. The summed E-state index contributed by atoms with van der Waals surface area (Å²) in [6, 6.07) is 23.8. The zero-order chi connectivity index (χ0) is 28.0. The molecule has 1 saturated heterocycles. The molecule has 8 nitrogen and oxygen atoms in total. The Bertz CT molecular complexity index is 1600. The van der Waals surface area contributed by atoms with Gasteiger partial charge in [0, 0.05) is 38.1 Å². The molecule has 206 valence electrons. The van der Waals surface area contributed by atoms with Crippen LogP contribution in [0.25, 0.3) is 17.2 Å². The van der Waals surface area contributed by atoms with Gasteiger partial charge >= 0.3 is 0 Å². The molecule has 4 aromatic rings. The average Bonchev–Trinajstić information content (AvgIpc) is 3.47. The zero-order valence-corrected chi connectivity index (χ0v) is 22.9. The van der Waals surface area contributed by atoms with Gasteiger partial charge in [-0.15, -0.1) is 0 Å². The number of carbonyl (C=O) groups excluding carboxylic acids is 1. The number of hydrogen-bond donors (Lipinski definition) is 2. The quantitative estimate of drug-likeness (QED) is 0.232. The van der Waals surface area contributed by atoms with Gasteiger partial charge in [0.25, 0.3) is 10.0 Å². The molecule has 3 N–H and O–H groups in total. The van der Waals surface area contributed by atoms with Crippen molar-refractivity contribution in [2.45, 2.75) is 11.3 Å². The Morgan fingerprint density at radius 1 is 0.950 bits per heavy atom. The van der Waals surface area contributed by atoms with E-state index in [2.05, 4.69) is 22.3 Å². The van der Waals surface area contributed by atoms with Crippen LogP contribution in [-0.2, 0) is 26.0 Å². The average molecular weight is 557 g/mol. The van der Waals surface area contributed by atoms with Crippen LogP contribution in [0, 0.1) is 0 Å². The molecule has 1 amide bonds. The molecule has 3 aromatic carbocycles. The van der Waals surface area contributed by atoms with Gasteiger partial charge < -0.3 is 15.8 Å². The van der Waals surface area contributed by atoms with Gasteiger partial charge in [0.2, 0.25) is 5.91 Å². The Balaban J connectivity index is 1.25. The predicted molar refractivity (Wildman–Crippen MR) is 158 cm³/mol. The summed E-state index contributed by atoms with van der Waals surface area (Å²) in [5, 5.41) is 2.71. The van der Waals surface area contributed by atoms with E-state index in [1.807, 2.05) is 18.2 Å². The largest absolute Gasteiger partial charge is 0.397 e. The van der Waals surface area contributed by atoms with E-state index in [-0.39, 0.29) is 10.8 Å². The number of carbonyl (C=O) groups is 1. The minimum absolute atomic E-state index is 0.185. The van der Waals surface area contributed by atoms with Crippen molar-refractivity contribution >= 4 is 33.4 Å². The summed E-state index contributed by atoms with van der Waals surface area (Å²) in [5.41, 5.74) is 10.4. The molecule has 1 aliphatic rings. The molecule has 0 bridgehead atoms. The smallest absolute Gasteiger partial charge is 0.267 e. The van der Waals surface area contributed by atoms with E-state index < -0.39 is 10.0 Å². The van der Waals surface area contributed by atoms with Crippen LogP contribution >= 0.6 is 0 Å². The van der Waals surface area contributed by atoms with Crippen molar-refractivity contribution in [3.8, 4) is 11.1 Å². The number of nitrogens with zero attached hydrogens (tertiary/aromatic N) is 2. The Kier molecular flexibility index (Phi) is 8.45. The summed E-state index contributed by atoms with van der Waals surface area (Å²) in [4.78, 5) is 14.9. The molecule has 5 rings (SSSR count). The Labute approximate surface area is 234 Å². The first kappa shape index (κ1) is 27.4. The van der Waals surface area contributed by atoms with Gasteiger partial charge in [-0.25, -0.2) is 12.4 Å². The topological polar surface area (TPSA) is 107 Å². The second-order valence-electron chi connectivity index (χ2n) is 9.62. The Morgan fingerprint density at radius 3 is 2.50 bits per heavy atom. The lowest BCUT2D eigenvalue weighted by atomic mass is 10.0. The van der Waals surface area contributed by atoms with Gasteiger partial charge in [-0.1, -0.05) is 48.5 Å². The molecule has 0 radical (unpaired) electrons. The molecular formula is C31H32N4O4S. The molecule has 9 heteroatoms. The maximum atomic E-state index is 13.4. The lowest BCUT2D eigenvalue weighted by molar-refractivity contribution is -0.111. The number of nitrogen functional groups attached to an aromatic ring is 1. The maximum absolute atomic E-state index is 13.4. The molecule has 2 heterocycles. The van der Waals surface area contributed by atoms with Crippen molar-refractivity contribution < 1.29 is 17.9 Å². The van der Waals surface area contributed by atoms with E-state index in [1.165, 1.54) is 24.0 Å². The van der Waals surface area contributed by atoms with Crippen LogP contribution in [0.2, 0.25) is 0 Å². The molecule has 1 aromatic heterocycles. The number of anilines is 2. The van der Waals surface area contributed by atoms with Crippen LogP contribution in [0.5, 0.6) is 0 Å². The maximum Gasteiger partial charge on any atom is 0.267 e. The van der Waals surface area contributed by atoms with Crippen LogP contribution in [0.15, 0.2) is 102 Å². The summed E-state index contributed by atoms with van der Waals surface area (Å²) in [6.45, 7) is 4.52. The van der Waals surface area contributed by atoms with Crippen LogP contribution in [0.1, 0.15) is 11.1 Å². The number of nitrogens with one attached hydrogen (secondary N) is 1. The van der Waals surface area contributed by atoms with E-state index in [4.69, 9.17) is 10.5 Å². The van der Waals surface area contributed by atoms with Gasteiger partial charge in [0.1, 0.15) is 0 Å². The summed E-state index contributed by atoms with van der Waals surface area (Å²) >= 11 is 0. The van der Waals surface area contributed by atoms with Crippen LogP contribution < -0.4 is 11.1 Å². The highest BCUT2D eigenvalue weighted by Crippen LogP contribution is 2.25. The molecule has 0 aliphatic carbocycles. The van der Waals surface area contributed by atoms with Gasteiger partial charge in [0.05, 0.1) is 29.5 Å². The number of hydrogen-bond acceptors (Lipinski definition) is 6. The fourth-order valence-corrected chi connectivity index (χ4v) is 5.78. The number of benzene rings is 3. The fourth-order valence-electron chi connectivity index (χ4n) is 4.53. The normalized spacial score (nSPS) is 14.4. The number of ether oxygens (including phenoxy) is 1. The molecule has 0 saturated carbocycles. The summed E-state index contributed by atoms with van der Waals surface area (Å²) in [7, 11) is -3.82. The number of aromatic nitrogens is 1. The molecular weight excluding hydrogens is 524 g/mol. The number of rotatable bonds is 9. The number of nitrogens with two attached hydrogens (primary N) is 1. The Morgan fingerprint density at radius 2 is 1.73 bits per heavy atom. The lowest BCUT2D eigenvalue weighted by Gasteiger charge is -2.26. The van der Waals surface area contributed by atoms with E-state index in [0.29, 0.717) is 16.9 Å². The van der Waals surface area contributed by atoms with Gasteiger partial charge in [-0.05, 0) is 65.1 Å². The highest BCUT2D eigenvalue weighted by molar-refractivity contribution is 7.90. The minimum Gasteiger partial charge on any atom is -0.397 e. The number of amides is 1. The molecule has 1 fully saturated rings. The molecule has 0 unspecified atom stereocenters. The van der Waals surface area contributed by atoms with Crippen LogP contribution in [0.4, 0.5) is 11.4 Å². The first-order chi connectivity index (χ1) is 19.4. The monoisotopic (exact) mass is 556 g/mol. The number of morpholine rings is 1. The van der Waals surface area contributed by atoms with Crippen LogP contribution in [0.3, 0.4) is 0 Å². The third kappa shape index (κ3) is 6.69. The second kappa shape index (κ2) is 12.3.